The van der Waals surface area contributed by atoms with Crippen LogP contribution in [0.5, 0.6) is 34.5 Å². The molecular weight excluding hydrogens is 1400 g/mol. The van der Waals surface area contributed by atoms with Crippen LogP contribution in [0.3, 0.4) is 0 Å². The number of carbonyl (C=O) groups is 2. The number of nitrogens with zero attached hydrogens (tertiary/aromatic N) is 7. The van der Waals surface area contributed by atoms with Gasteiger partial charge in [-0.15, -0.1) is 31.9 Å². The van der Waals surface area contributed by atoms with Gasteiger partial charge in [0.05, 0.1) is 32.0 Å². The van der Waals surface area contributed by atoms with Crippen molar-refractivity contribution in [2.75, 3.05) is 58.4 Å². The quantitative estimate of drug-likeness (QED) is 0.00347. The molecule has 10 rings (SSSR count). The molecule has 0 saturated carbocycles. The van der Waals surface area contributed by atoms with Gasteiger partial charge in [0, 0.05) is 40.3 Å². The number of hydrogen-bond acceptors (Lipinski definition) is 31. The number of phenols is 5. The summed E-state index contributed by atoms with van der Waals surface area (Å²) < 4.78 is 101. The van der Waals surface area contributed by atoms with Gasteiger partial charge in [0.25, 0.3) is 16.0 Å². The van der Waals surface area contributed by atoms with E-state index in [2.05, 4.69) is 46.7 Å². The topological polar surface area (TPSA) is 454 Å². The molecule has 0 bridgehead atoms. The summed E-state index contributed by atoms with van der Waals surface area (Å²) in [6.07, 6.45) is 8.91. The van der Waals surface area contributed by atoms with E-state index in [1.165, 1.54) is 72.4 Å². The molecule has 0 spiro atoms. The average Bonchev–Trinajstić information content (AvgIpc) is 1.74. The lowest BCUT2D eigenvalue weighted by atomic mass is 10.2. The summed E-state index contributed by atoms with van der Waals surface area (Å²) in [5, 5.41) is 73.0. The molecule has 98 heavy (non-hydrogen) atoms. The smallest absolute Gasteiger partial charge is 0.338 e. The molecule has 0 aliphatic rings. The van der Waals surface area contributed by atoms with Crippen LogP contribution in [0.4, 0.5) is 0 Å². The third kappa shape index (κ3) is 32.1. The molecule has 0 fully saturated rings. The van der Waals surface area contributed by atoms with Crippen LogP contribution in [-0.4, -0.2) is 155 Å². The molecule has 6 aromatic carbocycles. The number of terminal acetylenes is 1. The minimum atomic E-state index is -3.52. The summed E-state index contributed by atoms with van der Waals surface area (Å²) in [6.45, 7) is 4.08. The zero-order valence-corrected chi connectivity index (χ0v) is 54.7. The molecule has 4 heterocycles. The number of thioether (sulfide) groups is 1. The Morgan fingerprint density at radius 2 is 0.990 bits per heavy atom. The highest BCUT2D eigenvalue weighted by Gasteiger charge is 2.19. The van der Waals surface area contributed by atoms with Crippen LogP contribution in [0.15, 0.2) is 179 Å². The highest BCUT2D eigenvalue weighted by atomic mass is 32.7. The second-order valence-corrected chi connectivity index (χ2v) is 23.0. The second-order valence-electron chi connectivity index (χ2n) is 17.5. The van der Waals surface area contributed by atoms with Crippen molar-refractivity contribution < 1.29 is 93.1 Å². The van der Waals surface area contributed by atoms with Crippen LogP contribution < -0.4 is 16.0 Å². The fraction of sp³-hybridized carbons (Fsp3) is 0.226. The van der Waals surface area contributed by atoms with Crippen molar-refractivity contribution in [2.45, 2.75) is 52.3 Å². The monoisotopic (exact) mass is 1470 g/mol. The Bertz CT molecular complexity index is 4280. The standard InChI is InChI=1S/C16H18N2O6S.C9H8N2O4S.C9H8N2O2S.C9H10O3.C8H6N2O2S.C7H8N2O2.4CH4.HOPS/c1-3-8-21-9-10-22-11-12-23-14-6-4-13(5-7-14)15-17-18-16(24-15)25(2,19)20;1-16(13,14)9-11-10-8(15-9)6-2-4-7(12)5-3-6;1-14-9-11-10-8(13-9)6-2-4-7(12)5-3-6;1-2-12-9(11)7-3-5-8(10)6-4-7;11-6-3-1-5(2-4-6)7-9-10-8(13)12-7;8-9-7(11)5-1-3-6(10)4-2-5;;;;;1-2-3/h1,4-7H,8-12H2,2H3;2-5,12H,1H3;2-5,12H,1H3;3-6,10H,2H2,1H3;1-4,11H,(H,10,13);1-4,10H,8H2,(H,9,11);4*1H4;(H,1,3)/i/hD. The number of benzene rings is 6. The van der Waals surface area contributed by atoms with Crippen molar-refractivity contribution in [3.05, 3.63) is 162 Å². The van der Waals surface area contributed by atoms with Gasteiger partial charge in [-0.1, -0.05) is 69.7 Å². The molecule has 0 atom stereocenters. The third-order valence-corrected chi connectivity index (χ3v) is 12.9. The van der Waals surface area contributed by atoms with Crippen LogP contribution >= 0.6 is 43.8 Å². The third-order valence-electron chi connectivity index (χ3n) is 10.6. The lowest BCUT2D eigenvalue weighted by Crippen LogP contribution is -2.29. The zero-order chi connectivity index (χ0) is 69.8. The first-order chi connectivity index (χ1) is 45.4. The number of aromatic hydroxyl groups is 5. The van der Waals surface area contributed by atoms with Crippen LogP contribution in [0.2, 0.25) is 0 Å². The summed E-state index contributed by atoms with van der Waals surface area (Å²) in [7, 11) is -7.18. The number of ether oxygens (including phenoxy) is 4. The predicted octanol–water partition coefficient (Wildman–Crippen LogP) is 11.5. The lowest BCUT2D eigenvalue weighted by molar-refractivity contribution is 0.0462. The van der Waals surface area contributed by atoms with E-state index in [1.807, 2.05) is 11.7 Å². The van der Waals surface area contributed by atoms with Crippen LogP contribution in [0.1, 0.15) is 57.3 Å². The van der Waals surface area contributed by atoms with Gasteiger partial charge in [0.1, 0.15) is 48.8 Å². The zero-order valence-electron chi connectivity index (χ0n) is 50.7. The van der Waals surface area contributed by atoms with E-state index in [1.54, 1.807) is 91.9 Å². The largest absolute Gasteiger partial charge is 0.508 e. The first-order valence-corrected chi connectivity index (χ1v) is 33.6. The van der Waals surface area contributed by atoms with Crippen LogP contribution in [0.25, 0.3) is 45.8 Å². The fourth-order valence-electron chi connectivity index (χ4n) is 6.30. The molecule has 528 valence electrons. The number of carbonyl (C=O) groups excluding carboxylic acids is 2. The Labute approximate surface area is 583 Å². The number of hydrazine groups is 1. The number of phenolic OH excluding ortho intramolecular Hbond substituents is 5. The van der Waals surface area contributed by atoms with Crippen molar-refractivity contribution in [1.29, 1.82) is 1.12 Å². The van der Waals surface area contributed by atoms with E-state index >= 15 is 0 Å². The number of amides is 1. The molecule has 36 heteroatoms. The van der Waals surface area contributed by atoms with E-state index in [4.69, 9.17) is 92.3 Å². The Hall–Kier alpha value is -10.0. The van der Waals surface area contributed by atoms with E-state index < -0.39 is 30.1 Å². The normalized spacial score (nSPS) is 10.1. The van der Waals surface area contributed by atoms with Crippen LogP contribution in [0, 0.1) is 17.2 Å². The average molecular weight is 1470 g/mol. The molecule has 0 radical (unpaired) electrons. The second kappa shape index (κ2) is 46.2. The Balaban J connectivity index is 0.00000117. The molecule has 0 aliphatic heterocycles. The minimum absolute atomic E-state index is 0. The maximum absolute atomic E-state index is 11.3. The summed E-state index contributed by atoms with van der Waals surface area (Å²) in [6, 6.07) is 37.7. The maximum Gasteiger partial charge on any atom is 0.338 e. The van der Waals surface area contributed by atoms with Crippen molar-refractivity contribution in [2.24, 2.45) is 5.84 Å². The molecule has 0 aliphatic carbocycles. The van der Waals surface area contributed by atoms with Gasteiger partial charge >= 0.3 is 16.4 Å². The summed E-state index contributed by atoms with van der Waals surface area (Å²) in [5.41, 5.74) is 5.56. The van der Waals surface area contributed by atoms with Crippen molar-refractivity contribution >= 4 is 75.3 Å². The summed E-state index contributed by atoms with van der Waals surface area (Å²) in [5.74, 6) is 9.06. The predicted molar refractivity (Wildman–Crippen MR) is 373 cm³/mol. The van der Waals surface area contributed by atoms with Gasteiger partial charge in [-0.25, -0.2) is 32.6 Å². The number of thiol groups is 1. The maximum atomic E-state index is 11.3. The van der Waals surface area contributed by atoms with Crippen LogP contribution in [-0.2, 0) is 38.5 Å². The number of nitrogen functional groups attached to an aromatic ring is 1. The molecule has 0 unspecified atom stereocenters. The minimum Gasteiger partial charge on any atom is -0.508 e. The number of aromatic amines is 1. The number of sulfone groups is 2. The molecule has 30 nitrogen and oxygen atoms in total. The SMILES string of the molecule is C.C.C.C.C#CCOCCOCCOc1ccc(-c2nnc(S(C)(=O)=O)o2)cc1.CCOC(=O)c1ccc(O)cc1.CS(=O)(=O)c1nnc(-c2ccc(O)cc2)o1.CSc1nnc(-c2ccc(O)cc2)o1.NNC(=O)c1ccc(O)cc1.Oc1ccc(-c2n[nH]c(=S)o2)cc1.[2H]SP=O. The van der Waals surface area contributed by atoms with Gasteiger partial charge in [-0.2, -0.15) is 0 Å². The summed E-state index contributed by atoms with van der Waals surface area (Å²) >= 11 is 6.65. The Morgan fingerprint density at radius 1 is 0.612 bits per heavy atom. The lowest BCUT2D eigenvalue weighted by Gasteiger charge is -2.07. The number of hydrogen-bond donors (Lipinski definition) is 9. The van der Waals surface area contributed by atoms with Gasteiger partial charge in [-0.3, -0.25) is 14.8 Å². The number of H-pyrrole nitrogens is 1. The summed E-state index contributed by atoms with van der Waals surface area (Å²) in [4.78, 5) is 22.1. The van der Waals surface area contributed by atoms with E-state index in [0.29, 0.717) is 90.2 Å². The van der Waals surface area contributed by atoms with E-state index in [9.17, 15) is 26.4 Å². The first kappa shape index (κ1) is 86.0. The number of aromatic nitrogens is 8. The fourth-order valence-corrected chi connectivity index (χ4v) is 7.55. The number of esters is 1. The molecule has 9 N–H and O–H groups in total. The molecular formula is C62H75N10O20PS5. The number of nitrogens with one attached hydrogen (secondary N) is 2. The van der Waals surface area contributed by atoms with Crippen molar-refractivity contribution in [3.8, 4) is 92.7 Å². The molecule has 0 saturated heterocycles. The van der Waals surface area contributed by atoms with Crippen molar-refractivity contribution in [3.63, 3.8) is 0 Å². The molecule has 4 aromatic heterocycles. The number of nitrogens with two attached hydrogens (primary N) is 1. The van der Waals surface area contributed by atoms with Gasteiger partial charge in [0.2, 0.25) is 50.9 Å². The highest BCUT2D eigenvalue weighted by molar-refractivity contribution is 8.33. The van der Waals surface area contributed by atoms with Crippen molar-refractivity contribution in [1.82, 2.24) is 46.2 Å². The van der Waals surface area contributed by atoms with Gasteiger partial charge in [0.15, 0.2) is 0 Å². The number of rotatable bonds is 19. The van der Waals surface area contributed by atoms with E-state index in [0.717, 1.165) is 23.6 Å². The Kier molecular flexibility index (Phi) is 40.5. The first-order valence-electron chi connectivity index (χ1n) is 26.7. The Morgan fingerprint density at radius 3 is 1.35 bits per heavy atom. The molecule has 1 amide bonds. The molecule has 10 aromatic rings. The van der Waals surface area contributed by atoms with E-state index in [-0.39, 0.29) is 101 Å². The highest BCUT2D eigenvalue weighted by Crippen LogP contribution is 2.26. The van der Waals surface area contributed by atoms with Gasteiger partial charge in [-0.05, 0) is 171 Å². The van der Waals surface area contributed by atoms with Gasteiger partial charge < -0.3 is 62.1 Å².